The van der Waals surface area contributed by atoms with Crippen LogP contribution in [0.5, 0.6) is 0 Å². The minimum absolute atomic E-state index is 0. The van der Waals surface area contributed by atoms with Crippen molar-refractivity contribution in [3.63, 3.8) is 0 Å². The fraction of sp³-hybridized carbons (Fsp3) is 1.00. The Morgan fingerprint density at radius 1 is 0.870 bits per heavy atom. The minimum atomic E-state index is -6.00. The van der Waals surface area contributed by atoms with Crippen LogP contribution in [-0.2, 0) is 23.3 Å². The minimum Gasteiger partial charge on any atom is -0.808 e. The summed E-state index contributed by atoms with van der Waals surface area (Å²) in [6.45, 7) is -1.39. The Hall–Kier alpha value is 2.10. The molecule has 0 rings (SSSR count). The van der Waals surface area contributed by atoms with Crippen molar-refractivity contribution in [3.8, 4) is 0 Å². The van der Waals surface area contributed by atoms with E-state index in [1.807, 2.05) is 0 Å². The van der Waals surface area contributed by atoms with Gasteiger partial charge in [-0.2, -0.15) is 0 Å². The fourth-order valence-corrected chi connectivity index (χ4v) is 2.82. The molecule has 0 fully saturated rings. The van der Waals surface area contributed by atoms with Gasteiger partial charge in [0.25, 0.3) is 0 Å². The predicted octanol–water partition coefficient (Wildman–Crippen LogP) is -9.23. The number of rotatable bonds is 12. The summed E-state index contributed by atoms with van der Waals surface area (Å²) in [7, 11) is -11.6. The summed E-state index contributed by atoms with van der Waals surface area (Å²) in [6.07, 6.45) is 0. The second kappa shape index (κ2) is 14.2. The maximum Gasteiger partial charge on any atom is 1.00 e. The van der Waals surface area contributed by atoms with Crippen LogP contribution in [0.15, 0.2) is 0 Å². The van der Waals surface area contributed by atoms with Crippen LogP contribution in [0.3, 0.4) is 0 Å². The molecular weight excluding hydrogens is 380 g/mol. The van der Waals surface area contributed by atoms with E-state index in [-0.39, 0.29) is 98.8 Å². The van der Waals surface area contributed by atoms with E-state index < -0.39 is 26.9 Å². The standard InChI is InChI=1S/C8H20O11P2.2Na/c9-1-2-17-3-4-18-5-6-19-7-8(10,20(11,12)13)21(14,15)16;;/h9-10H,1-7H2,(H2,11,12,13)(H2,14,15,16);;/q;2*+1/p-2. The Kier molecular flexibility index (Phi) is 18.4. The van der Waals surface area contributed by atoms with Crippen LogP contribution in [0.1, 0.15) is 0 Å². The molecule has 1 atom stereocenters. The van der Waals surface area contributed by atoms with Gasteiger partial charge in [0.15, 0.2) is 0 Å². The van der Waals surface area contributed by atoms with Crippen molar-refractivity contribution < 1.29 is 112 Å². The van der Waals surface area contributed by atoms with E-state index in [1.54, 1.807) is 0 Å². The van der Waals surface area contributed by atoms with Gasteiger partial charge in [-0.25, -0.2) is 0 Å². The molecule has 0 heterocycles. The third-order valence-electron chi connectivity index (χ3n) is 2.18. The molecule has 0 aliphatic heterocycles. The van der Waals surface area contributed by atoms with Crippen LogP contribution in [-0.4, -0.2) is 71.3 Å². The first-order valence-electron chi connectivity index (χ1n) is 5.70. The number of aliphatic hydroxyl groups excluding tert-OH is 1. The topological polar surface area (TPSA) is 189 Å². The van der Waals surface area contributed by atoms with Crippen LogP contribution in [0.25, 0.3) is 0 Å². The fourth-order valence-electron chi connectivity index (χ4n) is 1.04. The number of ether oxygens (including phenoxy) is 3. The van der Waals surface area contributed by atoms with Crippen LogP contribution in [0, 0.1) is 0 Å². The van der Waals surface area contributed by atoms with Crippen LogP contribution in [0.2, 0.25) is 0 Å². The van der Waals surface area contributed by atoms with Gasteiger partial charge in [0.2, 0.25) is 5.08 Å². The molecule has 0 saturated heterocycles. The first-order valence-corrected chi connectivity index (χ1v) is 8.86. The van der Waals surface area contributed by atoms with Gasteiger partial charge in [-0.1, -0.05) is 0 Å². The summed E-state index contributed by atoms with van der Waals surface area (Å²) >= 11 is 0. The van der Waals surface area contributed by atoms with E-state index in [1.165, 1.54) is 0 Å². The second-order valence-corrected chi connectivity index (χ2v) is 7.73. The number of hydrogen-bond acceptors (Lipinski definition) is 9. The summed E-state index contributed by atoms with van der Waals surface area (Å²) in [5.41, 5.74) is 0. The molecule has 0 amide bonds. The predicted molar refractivity (Wildman–Crippen MR) is 64.1 cm³/mol. The van der Waals surface area contributed by atoms with Gasteiger partial charge in [-0.15, -0.1) is 0 Å². The molecule has 1 unspecified atom stereocenters. The zero-order valence-electron chi connectivity index (χ0n) is 13.0. The van der Waals surface area contributed by atoms with Gasteiger partial charge in [0, 0.05) is 0 Å². The zero-order chi connectivity index (χ0) is 16.6. The molecule has 0 saturated carbocycles. The molecule has 11 nitrogen and oxygen atoms in total. The van der Waals surface area contributed by atoms with Crippen molar-refractivity contribution in [2.45, 2.75) is 5.08 Å². The molecule has 4 N–H and O–H groups in total. The summed E-state index contributed by atoms with van der Waals surface area (Å²) in [4.78, 5) is 39.0. The van der Waals surface area contributed by atoms with Crippen molar-refractivity contribution in [1.29, 1.82) is 0 Å². The first kappa shape index (κ1) is 29.8. The summed E-state index contributed by atoms with van der Waals surface area (Å²) in [6, 6.07) is 0. The molecule has 15 heteroatoms. The van der Waals surface area contributed by atoms with Crippen molar-refractivity contribution in [3.05, 3.63) is 0 Å². The Labute approximate surface area is 177 Å². The molecule has 0 aliphatic rings. The van der Waals surface area contributed by atoms with Gasteiger partial charge in [-0.3, -0.25) is 4.57 Å². The van der Waals surface area contributed by atoms with Crippen LogP contribution >= 0.6 is 15.2 Å². The molecule has 0 radical (unpaired) electrons. The van der Waals surface area contributed by atoms with Crippen LogP contribution in [0.4, 0.5) is 0 Å². The molecule has 23 heavy (non-hydrogen) atoms. The van der Waals surface area contributed by atoms with Gasteiger partial charge in [0.05, 0.1) is 46.2 Å². The Bertz CT molecular complexity index is 362. The van der Waals surface area contributed by atoms with E-state index in [0.29, 0.717) is 0 Å². The zero-order valence-corrected chi connectivity index (χ0v) is 18.8. The van der Waals surface area contributed by atoms with E-state index in [0.717, 1.165) is 0 Å². The largest absolute Gasteiger partial charge is 1.00 e. The van der Waals surface area contributed by atoms with E-state index in [2.05, 4.69) is 4.74 Å². The van der Waals surface area contributed by atoms with Gasteiger partial charge >= 0.3 is 66.7 Å². The smallest absolute Gasteiger partial charge is 0.808 e. The molecule has 0 spiro atoms. The second-order valence-electron chi connectivity index (χ2n) is 3.82. The summed E-state index contributed by atoms with van der Waals surface area (Å²) < 4.78 is 36.0. The molecule has 0 aromatic carbocycles. The average molecular weight is 398 g/mol. The van der Waals surface area contributed by atoms with Crippen molar-refractivity contribution in [2.24, 2.45) is 0 Å². The van der Waals surface area contributed by atoms with Crippen LogP contribution < -0.4 is 68.9 Å². The monoisotopic (exact) mass is 398 g/mol. The summed E-state index contributed by atoms with van der Waals surface area (Å²) in [5, 5.41) is 13.9. The van der Waals surface area contributed by atoms with Crippen molar-refractivity contribution in [1.82, 2.24) is 0 Å². The van der Waals surface area contributed by atoms with E-state index >= 15 is 0 Å². The summed E-state index contributed by atoms with van der Waals surface area (Å²) in [5.74, 6) is 0. The first-order chi connectivity index (χ1) is 9.56. The van der Waals surface area contributed by atoms with Gasteiger partial charge in [0.1, 0.15) is 0 Å². The Balaban J connectivity index is -0.00000200. The quantitative estimate of drug-likeness (QED) is 0.139. The number of hydrogen-bond donors (Lipinski definition) is 4. The molecule has 0 aromatic rings. The molecular formula is C8H18Na2O11P2. The Morgan fingerprint density at radius 2 is 1.26 bits per heavy atom. The third kappa shape index (κ3) is 11.4. The van der Waals surface area contributed by atoms with Crippen molar-refractivity contribution >= 4 is 15.2 Å². The van der Waals surface area contributed by atoms with E-state index in [9.17, 15) is 24.0 Å². The third-order valence-corrected chi connectivity index (χ3v) is 5.77. The normalized spacial score (nSPS) is 14.5. The molecule has 128 valence electrons. The molecule has 0 bridgehead atoms. The van der Waals surface area contributed by atoms with Crippen molar-refractivity contribution in [2.75, 3.05) is 46.2 Å². The molecule has 0 aliphatic carbocycles. The van der Waals surface area contributed by atoms with Gasteiger partial charge in [-0.05, 0) is 7.60 Å². The maximum absolute atomic E-state index is 10.9. The average Bonchev–Trinajstić information content (AvgIpc) is 2.33. The SMILES string of the molecule is O=P([O-])([O-])C(O)(COCCOCCOCCO)P(=O)(O)O.[Na+].[Na+]. The van der Waals surface area contributed by atoms with E-state index in [4.69, 9.17) is 24.4 Å². The number of aliphatic hydroxyl groups is 2. The molecule has 0 aromatic heterocycles. The maximum atomic E-state index is 10.9. The van der Waals surface area contributed by atoms with Gasteiger partial charge < -0.3 is 48.6 Å². The Morgan fingerprint density at radius 3 is 1.61 bits per heavy atom.